The van der Waals surface area contributed by atoms with E-state index in [4.69, 9.17) is 29.0 Å². The van der Waals surface area contributed by atoms with E-state index in [0.29, 0.717) is 25.3 Å². The predicted molar refractivity (Wildman–Crippen MR) is 413 cm³/mol. The summed E-state index contributed by atoms with van der Waals surface area (Å²) in [6.45, 7) is 41.6. The van der Waals surface area contributed by atoms with E-state index in [1.54, 1.807) is 55.0 Å². The van der Waals surface area contributed by atoms with Gasteiger partial charge in [-0.15, -0.1) is 0 Å². The molecule has 1 aliphatic heterocycles. The number of imidazole rings is 3. The van der Waals surface area contributed by atoms with E-state index >= 15 is 0 Å². The number of aromatic amines is 1. The van der Waals surface area contributed by atoms with Crippen molar-refractivity contribution in [2.24, 2.45) is 0 Å². The van der Waals surface area contributed by atoms with Crippen molar-refractivity contribution in [2.45, 2.75) is 177 Å². The topological polar surface area (TPSA) is 153 Å². The van der Waals surface area contributed by atoms with Crippen molar-refractivity contribution >= 4 is 68.3 Å². The number of benzene rings is 3. The van der Waals surface area contributed by atoms with Crippen LogP contribution in [-0.4, -0.2) is 106 Å². The molecule has 3 aromatic carbocycles. The third-order valence-corrected chi connectivity index (χ3v) is 21.9. The Morgan fingerprint density at radius 3 is 1.30 bits per heavy atom. The largest absolute Gasteiger partial charge is 0.496 e. The highest BCUT2D eigenvalue weighted by atomic mass is 127. The molecule has 12 aromatic rings. The zero-order valence-corrected chi connectivity index (χ0v) is 65.4. The fourth-order valence-corrected chi connectivity index (χ4v) is 14.1. The Morgan fingerprint density at radius 1 is 0.490 bits per heavy atom. The molecule has 1 fully saturated rings. The van der Waals surface area contributed by atoms with Gasteiger partial charge in [0.1, 0.15) is 64.9 Å². The average Bonchev–Trinajstić information content (AvgIpc) is 1.56. The summed E-state index contributed by atoms with van der Waals surface area (Å²) in [6.07, 6.45) is 17.3. The number of pyridine rings is 3. The summed E-state index contributed by atoms with van der Waals surface area (Å²) in [5.41, 5.74) is 15.9. The van der Waals surface area contributed by atoms with Crippen LogP contribution in [0.2, 0.25) is 51.4 Å². The molecule has 23 heteroatoms. The van der Waals surface area contributed by atoms with Gasteiger partial charge in [-0.3, -0.25) is 5.10 Å². The van der Waals surface area contributed by atoms with Crippen LogP contribution in [0.1, 0.15) is 118 Å². The van der Waals surface area contributed by atoms with Crippen molar-refractivity contribution in [3.63, 3.8) is 0 Å². The maximum Gasteiger partial charge on any atom is 0.496 e. The van der Waals surface area contributed by atoms with Crippen LogP contribution in [0.15, 0.2) is 165 Å². The van der Waals surface area contributed by atoms with Crippen LogP contribution < -0.4 is 5.46 Å². The Kier molecular flexibility index (Phi) is 25.1. The number of ether oxygens (including phenoxy) is 2. The first-order valence-electron chi connectivity index (χ1n) is 34.5. The minimum Gasteiger partial charge on any atom is -0.399 e. The van der Waals surface area contributed by atoms with Crippen LogP contribution in [0.3, 0.4) is 0 Å². The maximum atomic E-state index is 13.6. The smallest absolute Gasteiger partial charge is 0.399 e. The highest BCUT2D eigenvalue weighted by molar-refractivity contribution is 14.1. The van der Waals surface area contributed by atoms with E-state index in [1.165, 1.54) is 42.1 Å². The normalized spacial score (nSPS) is 13.6. The van der Waals surface area contributed by atoms with Crippen LogP contribution in [0.4, 0.5) is 13.2 Å². The Bertz CT molecular complexity index is 4610. The van der Waals surface area contributed by atoms with Crippen LogP contribution in [0.25, 0.3) is 73.0 Å². The molecule has 1 saturated heterocycles. The van der Waals surface area contributed by atoms with E-state index in [2.05, 4.69) is 169 Å². The molecule has 0 amide bonds. The summed E-state index contributed by atoms with van der Waals surface area (Å²) in [5, 5.41) is 17.4. The minimum atomic E-state index is -1.17. The van der Waals surface area contributed by atoms with Crippen molar-refractivity contribution in [1.82, 2.24) is 57.9 Å². The number of fused-ring (bicyclic) bond motifs is 3. The van der Waals surface area contributed by atoms with Gasteiger partial charge in [0.05, 0.1) is 26.2 Å². The zero-order chi connectivity index (χ0) is 72.4. The summed E-state index contributed by atoms with van der Waals surface area (Å²) in [5.74, 6) is 0.130. The first-order valence-corrected chi connectivity index (χ1v) is 43.0. The minimum absolute atomic E-state index is 0.228. The molecule has 0 aliphatic carbocycles. The van der Waals surface area contributed by atoms with Gasteiger partial charge in [-0.2, -0.15) is 15.3 Å². The molecule has 10 heterocycles. The second-order valence-corrected chi connectivity index (χ2v) is 41.5. The molecule has 0 bridgehead atoms. The van der Waals surface area contributed by atoms with Crippen LogP contribution in [0.5, 0.6) is 0 Å². The number of nitrogens with one attached hydrogen (secondary N) is 1. The zero-order valence-electron chi connectivity index (χ0n) is 61.2. The molecule has 1 N–H and O–H groups in total. The number of hydrogen-bond donors (Lipinski definition) is 1. The Morgan fingerprint density at radius 2 is 0.870 bits per heavy atom. The maximum absolute atomic E-state index is 13.6. The molecule has 16 nitrogen and oxygen atoms in total. The third kappa shape index (κ3) is 18.8. The van der Waals surface area contributed by atoms with Crippen molar-refractivity contribution in [3.8, 4) is 56.0 Å². The summed E-state index contributed by atoms with van der Waals surface area (Å²) >= 11 is 2.34. The highest BCUT2D eigenvalue weighted by Crippen LogP contribution is 2.41. The van der Waals surface area contributed by atoms with E-state index in [1.807, 2.05) is 97.7 Å². The SMILES string of the molecule is CC.CC(C)c1[nH]nc(-c2ccc(F)cc2)c1-c1ccc2nccn2c1.CC(C)c1c(-c2ccc3nccn3c2)c(-c2ccc(F)cc2)nn1COCC[Si](C)(C)C.CC(C)c1c(I)c(-c2ccc(F)cc2)nn1COCC[Si](C)(C)C.CC1(C)OB(c2ccc3nccn3c2)OC1(C)C. The summed E-state index contributed by atoms with van der Waals surface area (Å²) in [6, 6.07) is 33.8. The second kappa shape index (κ2) is 32.9. The fourth-order valence-electron chi connectivity index (χ4n) is 11.3. The van der Waals surface area contributed by atoms with Crippen LogP contribution in [-0.2, 0) is 32.2 Å². The first kappa shape index (κ1) is 76.4. The summed E-state index contributed by atoms with van der Waals surface area (Å²) in [4.78, 5) is 12.9. The molecule has 0 spiro atoms. The molecule has 528 valence electrons. The average molecular weight is 1510 g/mol. The second-order valence-electron chi connectivity index (χ2n) is 29.2. The van der Waals surface area contributed by atoms with Crippen molar-refractivity contribution < 1.29 is 32.0 Å². The molecular weight excluding hydrogens is 1410 g/mol. The summed E-state index contributed by atoms with van der Waals surface area (Å²) in [7, 11) is -2.57. The Labute approximate surface area is 603 Å². The molecule has 100 heavy (non-hydrogen) atoms. The molecule has 9 aromatic heterocycles. The molecule has 0 saturated carbocycles. The van der Waals surface area contributed by atoms with Gasteiger partial charge in [0.15, 0.2) is 0 Å². The quantitative estimate of drug-likeness (QED) is 0.0470. The van der Waals surface area contributed by atoms with Gasteiger partial charge >= 0.3 is 7.12 Å². The van der Waals surface area contributed by atoms with Gasteiger partial charge in [0.25, 0.3) is 0 Å². The fraction of sp³-hybridized carbons (Fsp3) is 0.377. The monoisotopic (exact) mass is 1500 g/mol. The van der Waals surface area contributed by atoms with Gasteiger partial charge in [0, 0.05) is 130 Å². The predicted octanol–water partition coefficient (Wildman–Crippen LogP) is 19.5. The van der Waals surface area contributed by atoms with Gasteiger partial charge < -0.3 is 32.0 Å². The van der Waals surface area contributed by atoms with Gasteiger partial charge in [0.2, 0.25) is 0 Å². The number of nitrogens with zero attached hydrogens (tertiary/aromatic N) is 11. The molecule has 1 aliphatic rings. The van der Waals surface area contributed by atoms with E-state index in [0.717, 1.165) is 119 Å². The lowest BCUT2D eigenvalue weighted by atomic mass is 9.80. The van der Waals surface area contributed by atoms with Crippen molar-refractivity contribution in [3.05, 3.63) is 203 Å². The number of aromatic nitrogens is 12. The lowest BCUT2D eigenvalue weighted by Gasteiger charge is -2.32. The highest BCUT2D eigenvalue weighted by Gasteiger charge is 2.52. The molecule has 0 radical (unpaired) electrons. The van der Waals surface area contributed by atoms with Crippen molar-refractivity contribution in [2.75, 3.05) is 13.2 Å². The van der Waals surface area contributed by atoms with Crippen LogP contribution >= 0.6 is 22.6 Å². The summed E-state index contributed by atoms with van der Waals surface area (Å²) < 4.78 is 75.1. The number of hydrogen-bond acceptors (Lipinski definition) is 10. The Balaban J connectivity index is 0.000000157. The van der Waals surface area contributed by atoms with Crippen LogP contribution in [0, 0.1) is 21.0 Å². The molecule has 0 unspecified atom stereocenters. The van der Waals surface area contributed by atoms with E-state index < -0.39 is 16.1 Å². The van der Waals surface area contributed by atoms with E-state index in [9.17, 15) is 13.2 Å². The van der Waals surface area contributed by atoms with Gasteiger partial charge in [-0.1, -0.05) is 101 Å². The number of halogens is 4. The molecule has 13 rings (SSSR count). The van der Waals surface area contributed by atoms with Gasteiger partial charge in [-0.05, 0) is 189 Å². The third-order valence-electron chi connectivity index (χ3n) is 17.5. The number of H-pyrrole nitrogens is 1. The van der Waals surface area contributed by atoms with E-state index in [-0.39, 0.29) is 41.7 Å². The van der Waals surface area contributed by atoms with Gasteiger partial charge in [-0.25, -0.2) is 37.5 Å². The lowest BCUT2D eigenvalue weighted by Crippen LogP contribution is -2.41. The molecule has 0 atom stereocenters. The standard InChI is InChI=1S/C25H31FN4OSi.C19H17FN4.C18H26FIN2OSi.C13H17BN2O2.C2H6/c1-18(2)25-23(20-8-11-22-27-12-13-29(22)16-20)24(19-6-9-21(26)10-7-19)28-30(25)17-31-14-15-32(3,4)5;1-12(2)18-17(14-5-8-16-21-9-10-24(16)11-14)19(23-22-18)13-3-6-15(20)7-4-13;1-13(2)18-16(20)17(14-6-8-15(19)9-7-14)21-22(18)12-23-10-11-24(3,4)5;1-12(2)13(3,4)18-14(17-12)10-5-6-11-15-7-8-16(11)9-10;1-2/h6-13,16,18H,14-15,17H2,1-5H3;3-12H,1-2H3,(H,22,23);6-9,13H,10-12H2,1-5H3;5-9H,1-4H3;1-2H3. The van der Waals surface area contributed by atoms with Crippen molar-refractivity contribution in [1.29, 1.82) is 0 Å². The Hall–Kier alpha value is -7.78. The lowest BCUT2D eigenvalue weighted by molar-refractivity contribution is 0.00578. The first-order chi connectivity index (χ1) is 47.4. The molecular formula is C77H97BF3IN12O4Si2. The number of rotatable bonds is 19.